The van der Waals surface area contributed by atoms with Crippen molar-refractivity contribution in [1.82, 2.24) is 4.31 Å². The third-order valence-corrected chi connectivity index (χ3v) is 4.97. The number of hydrogen-bond acceptors (Lipinski definition) is 3. The molecule has 134 valence electrons. The molecule has 2 N–H and O–H groups in total. The summed E-state index contributed by atoms with van der Waals surface area (Å²) in [4.78, 5) is 0. The molecule has 23 heavy (non-hydrogen) atoms. The van der Waals surface area contributed by atoms with Crippen molar-refractivity contribution in [3.8, 4) is 0 Å². The summed E-state index contributed by atoms with van der Waals surface area (Å²) in [5.74, 6) is -0.510. The average Bonchev–Trinajstić information content (AvgIpc) is 2.42. The van der Waals surface area contributed by atoms with Crippen molar-refractivity contribution in [1.29, 1.82) is 0 Å². The van der Waals surface area contributed by atoms with Crippen molar-refractivity contribution < 1.29 is 21.6 Å². The number of benzene rings is 1. The Hall–Kier alpha value is -0.830. The van der Waals surface area contributed by atoms with Crippen LogP contribution in [-0.4, -0.2) is 37.7 Å². The molecule has 0 saturated carbocycles. The lowest BCUT2D eigenvalue weighted by Gasteiger charge is -2.22. The predicted molar refractivity (Wildman–Crippen MR) is 86.8 cm³/mol. The predicted octanol–water partition coefficient (Wildman–Crippen LogP) is 2.93. The summed E-state index contributed by atoms with van der Waals surface area (Å²) in [6.45, 7) is 0.679. The maximum absolute atomic E-state index is 12.2. The Morgan fingerprint density at radius 1 is 1.09 bits per heavy atom. The highest BCUT2D eigenvalue weighted by atomic mass is 35.5. The van der Waals surface area contributed by atoms with Crippen molar-refractivity contribution in [2.45, 2.75) is 32.0 Å². The van der Waals surface area contributed by atoms with Gasteiger partial charge < -0.3 is 5.73 Å². The summed E-state index contributed by atoms with van der Waals surface area (Å²) in [6.07, 6.45) is -5.40. The average molecular weight is 375 g/mol. The minimum Gasteiger partial charge on any atom is -0.330 e. The smallest absolute Gasteiger partial charge is 0.330 e. The van der Waals surface area contributed by atoms with Gasteiger partial charge in [0, 0.05) is 19.5 Å². The minimum atomic E-state index is -4.34. The lowest BCUT2D eigenvalue weighted by Crippen LogP contribution is -2.34. The van der Waals surface area contributed by atoms with Crippen LogP contribution < -0.4 is 5.73 Å². The number of halogens is 4. The van der Waals surface area contributed by atoms with Gasteiger partial charge in [-0.05, 0) is 24.9 Å². The van der Waals surface area contributed by atoms with Crippen molar-refractivity contribution in [3.63, 3.8) is 0 Å². The first-order valence-electron chi connectivity index (χ1n) is 7.03. The molecule has 0 saturated heterocycles. The van der Waals surface area contributed by atoms with E-state index in [1.807, 2.05) is 6.07 Å². The molecule has 9 heteroatoms. The molecule has 4 nitrogen and oxygen atoms in total. The number of alkyl halides is 3. The van der Waals surface area contributed by atoms with Gasteiger partial charge in [0.15, 0.2) is 0 Å². The lowest BCUT2D eigenvalue weighted by atomic mass is 10.2. The highest BCUT2D eigenvalue weighted by Crippen LogP contribution is 2.22. The number of nitrogens with two attached hydrogens (primary N) is 1. The zero-order chi connectivity index (χ0) is 16.6. The molecule has 0 fully saturated rings. The molecule has 1 rings (SSSR count). The SMILES string of the molecule is Cl.NCCCN(Cc1ccccc1)S(=O)(=O)CCCC(F)(F)F. The van der Waals surface area contributed by atoms with Crippen LogP contribution in [0.1, 0.15) is 24.8 Å². The zero-order valence-electron chi connectivity index (χ0n) is 12.6. The highest BCUT2D eigenvalue weighted by molar-refractivity contribution is 7.89. The Balaban J connectivity index is 0.00000484. The molecule has 1 aromatic rings. The van der Waals surface area contributed by atoms with Crippen LogP contribution in [0.15, 0.2) is 30.3 Å². The molecule has 1 aromatic carbocycles. The molecule has 0 aliphatic rings. The molecule has 0 aromatic heterocycles. The first-order valence-corrected chi connectivity index (χ1v) is 8.64. The third-order valence-electron chi connectivity index (χ3n) is 3.07. The lowest BCUT2D eigenvalue weighted by molar-refractivity contribution is -0.134. The van der Waals surface area contributed by atoms with Crippen LogP contribution in [0.3, 0.4) is 0 Å². The molecule has 0 heterocycles. The molecule has 0 radical (unpaired) electrons. The zero-order valence-corrected chi connectivity index (χ0v) is 14.3. The van der Waals surface area contributed by atoms with Crippen molar-refractivity contribution >= 4 is 22.4 Å². The van der Waals surface area contributed by atoms with E-state index in [-0.39, 0.29) is 25.5 Å². The number of rotatable bonds is 9. The van der Waals surface area contributed by atoms with Gasteiger partial charge >= 0.3 is 6.18 Å². The fraction of sp³-hybridized carbons (Fsp3) is 0.571. The molecule has 0 bridgehead atoms. The van der Waals surface area contributed by atoms with Crippen LogP contribution in [0.2, 0.25) is 0 Å². The van der Waals surface area contributed by atoms with Gasteiger partial charge in [-0.2, -0.15) is 17.5 Å². The first-order chi connectivity index (χ1) is 10.2. The van der Waals surface area contributed by atoms with E-state index in [9.17, 15) is 21.6 Å². The van der Waals surface area contributed by atoms with E-state index in [2.05, 4.69) is 0 Å². The molecule has 0 unspecified atom stereocenters. The van der Waals surface area contributed by atoms with Crippen LogP contribution in [0.25, 0.3) is 0 Å². The molecule has 0 atom stereocenters. The Bertz CT molecular complexity index is 539. The maximum atomic E-state index is 12.2. The Morgan fingerprint density at radius 2 is 1.70 bits per heavy atom. The van der Waals surface area contributed by atoms with Crippen molar-refractivity contribution in [2.24, 2.45) is 5.73 Å². The van der Waals surface area contributed by atoms with Crippen molar-refractivity contribution in [3.05, 3.63) is 35.9 Å². The van der Waals surface area contributed by atoms with Gasteiger partial charge in [-0.1, -0.05) is 30.3 Å². The fourth-order valence-corrected chi connectivity index (χ4v) is 3.48. The van der Waals surface area contributed by atoms with E-state index in [1.54, 1.807) is 24.3 Å². The highest BCUT2D eigenvalue weighted by Gasteiger charge is 2.29. The summed E-state index contributed by atoms with van der Waals surface area (Å²) in [7, 11) is -3.74. The van der Waals surface area contributed by atoms with E-state index in [1.165, 1.54) is 4.31 Å². The second-order valence-corrected chi connectivity index (χ2v) is 7.08. The molecular weight excluding hydrogens is 353 g/mol. The van der Waals surface area contributed by atoms with E-state index in [0.717, 1.165) is 5.56 Å². The summed E-state index contributed by atoms with van der Waals surface area (Å²) in [5.41, 5.74) is 6.19. The van der Waals surface area contributed by atoms with E-state index >= 15 is 0 Å². The number of sulfonamides is 1. The van der Waals surface area contributed by atoms with Gasteiger partial charge in [0.25, 0.3) is 0 Å². The quantitative estimate of drug-likeness (QED) is 0.722. The monoisotopic (exact) mass is 374 g/mol. The van der Waals surface area contributed by atoms with Gasteiger partial charge in [-0.3, -0.25) is 0 Å². The van der Waals surface area contributed by atoms with Gasteiger partial charge in [-0.25, -0.2) is 8.42 Å². The molecule has 0 spiro atoms. The van der Waals surface area contributed by atoms with Crippen LogP contribution >= 0.6 is 12.4 Å². The molecule has 0 aliphatic heterocycles. The first kappa shape index (κ1) is 22.2. The van der Waals surface area contributed by atoms with Crippen LogP contribution in [0.5, 0.6) is 0 Å². The number of nitrogens with zero attached hydrogens (tertiary/aromatic N) is 1. The molecule has 0 aliphatic carbocycles. The molecular formula is C14H22ClF3N2O2S. The Labute approximate surface area is 141 Å². The summed E-state index contributed by atoms with van der Waals surface area (Å²) in [6, 6.07) is 8.94. The van der Waals surface area contributed by atoms with Crippen LogP contribution in [0, 0.1) is 0 Å². The maximum Gasteiger partial charge on any atom is 0.389 e. The second kappa shape index (κ2) is 10.1. The summed E-state index contributed by atoms with van der Waals surface area (Å²) in [5, 5.41) is 0. The largest absolute Gasteiger partial charge is 0.389 e. The topological polar surface area (TPSA) is 63.4 Å². The fourth-order valence-electron chi connectivity index (χ4n) is 1.96. The number of hydrogen-bond donors (Lipinski definition) is 1. The van der Waals surface area contributed by atoms with Gasteiger partial charge in [0.1, 0.15) is 0 Å². The van der Waals surface area contributed by atoms with E-state index < -0.39 is 34.8 Å². The molecule has 0 amide bonds. The second-order valence-electron chi connectivity index (χ2n) is 5.00. The summed E-state index contributed by atoms with van der Waals surface area (Å²) >= 11 is 0. The Morgan fingerprint density at radius 3 is 2.22 bits per heavy atom. The normalized spacial score (nSPS) is 12.2. The van der Waals surface area contributed by atoms with E-state index in [4.69, 9.17) is 5.73 Å². The minimum absolute atomic E-state index is 0. The summed E-state index contributed by atoms with van der Waals surface area (Å²) < 4.78 is 62.2. The standard InChI is InChI=1S/C14H21F3N2O2S.ClH/c15-14(16,17)8-4-11-22(20,21)19(10-5-9-18)12-13-6-2-1-3-7-13;/h1-3,6-7H,4-5,8-12,18H2;1H. The van der Waals surface area contributed by atoms with Gasteiger partial charge in [0.05, 0.1) is 5.75 Å². The Kier molecular flexibility index (Phi) is 9.76. The van der Waals surface area contributed by atoms with Gasteiger partial charge in [0.2, 0.25) is 10.0 Å². The van der Waals surface area contributed by atoms with Gasteiger partial charge in [-0.15, -0.1) is 12.4 Å². The van der Waals surface area contributed by atoms with Crippen LogP contribution in [0.4, 0.5) is 13.2 Å². The van der Waals surface area contributed by atoms with E-state index in [0.29, 0.717) is 13.0 Å². The third kappa shape index (κ3) is 9.14. The van der Waals surface area contributed by atoms with Crippen LogP contribution in [-0.2, 0) is 16.6 Å². The van der Waals surface area contributed by atoms with Crippen molar-refractivity contribution in [2.75, 3.05) is 18.8 Å².